The third-order valence-corrected chi connectivity index (χ3v) is 27.2. The number of fused-ring (bicyclic) bond motifs is 14. The van der Waals surface area contributed by atoms with Gasteiger partial charge in [-0.25, -0.2) is 74.8 Å². The zero-order valence-corrected chi connectivity index (χ0v) is 75.0. The van der Waals surface area contributed by atoms with E-state index in [2.05, 4.69) is 284 Å². The summed E-state index contributed by atoms with van der Waals surface area (Å²) in [5.41, 5.74) is 33.1. The van der Waals surface area contributed by atoms with E-state index in [9.17, 15) is 0 Å². The second-order valence-corrected chi connectivity index (χ2v) is 35.5. The van der Waals surface area contributed by atoms with Crippen molar-refractivity contribution < 1.29 is 0 Å². The monoisotopic (exact) mass is 1780 g/mol. The van der Waals surface area contributed by atoms with E-state index < -0.39 is 0 Å². The lowest BCUT2D eigenvalue weighted by Crippen LogP contribution is -2.01. The second kappa shape index (κ2) is 35.4. The third-order valence-electron chi connectivity index (χ3n) is 26.0. The number of nitrogens with zero attached hydrogens (tertiary/aromatic N) is 15. The first-order valence-electron chi connectivity index (χ1n) is 46.0. The van der Waals surface area contributed by atoms with Crippen molar-refractivity contribution in [1.29, 1.82) is 0 Å². The molecule has 16 heteroatoms. The summed E-state index contributed by atoms with van der Waals surface area (Å²) in [6.45, 7) is 0. The summed E-state index contributed by atoms with van der Waals surface area (Å²) in [5.74, 6) is 5.73. The minimum atomic E-state index is 0.617. The van der Waals surface area contributed by atoms with Crippen LogP contribution >= 0.6 is 11.3 Å². The fourth-order valence-corrected chi connectivity index (χ4v) is 20.5. The zero-order valence-electron chi connectivity index (χ0n) is 74.2. The lowest BCUT2D eigenvalue weighted by molar-refractivity contribution is 1.07. The summed E-state index contributed by atoms with van der Waals surface area (Å²) in [5, 5.41) is 6.70. The van der Waals surface area contributed by atoms with Crippen LogP contribution in [0.4, 0.5) is 0 Å². The summed E-state index contributed by atoms with van der Waals surface area (Å²) in [6.07, 6.45) is 7.53. The Balaban J connectivity index is 0.000000110. The van der Waals surface area contributed by atoms with Gasteiger partial charge in [0.05, 0.1) is 34.2 Å². The Labute approximate surface area is 798 Å². The topological polar surface area (TPSA) is 193 Å². The Morgan fingerprint density at radius 1 is 0.159 bits per heavy atom. The van der Waals surface area contributed by atoms with Gasteiger partial charge in [0.1, 0.15) is 19.0 Å². The molecule has 0 bridgehead atoms. The molecule has 0 N–H and O–H groups in total. The van der Waals surface area contributed by atoms with E-state index in [1.165, 1.54) is 64.7 Å². The van der Waals surface area contributed by atoms with Crippen LogP contribution in [-0.4, -0.2) is 74.8 Å². The maximum atomic E-state index is 5.17. The zero-order chi connectivity index (χ0) is 91.4. The van der Waals surface area contributed by atoms with Gasteiger partial charge in [0.2, 0.25) is 0 Å². The van der Waals surface area contributed by atoms with Gasteiger partial charge in [-0.1, -0.05) is 352 Å². The molecule has 15 nitrogen and oxygen atoms in total. The molecule has 0 amide bonds. The molecule has 27 rings (SSSR count). The molecule has 138 heavy (non-hydrogen) atoms. The predicted molar refractivity (Wildman–Crippen MR) is 555 cm³/mol. The molecule has 7 heterocycles. The molecule has 7 aromatic heterocycles. The van der Waals surface area contributed by atoms with Crippen LogP contribution in [0.2, 0.25) is 0 Å². The van der Waals surface area contributed by atoms with E-state index in [0.717, 1.165) is 170 Å². The minimum absolute atomic E-state index is 0.617. The number of aromatic nitrogens is 15. The van der Waals surface area contributed by atoms with Crippen LogP contribution in [-0.2, 0) is 19.3 Å². The molecule has 24 aromatic rings. The second-order valence-electron chi connectivity index (χ2n) is 34.4. The van der Waals surface area contributed by atoms with Crippen molar-refractivity contribution in [3.63, 3.8) is 0 Å². The quantitative estimate of drug-likeness (QED) is 0.0997. The normalized spacial score (nSPS) is 11.8. The average molecular weight is 1790 g/mol. The Morgan fingerprint density at radius 3 is 0.899 bits per heavy atom. The largest absolute Gasteiger partial charge is 0.236 e. The van der Waals surface area contributed by atoms with Crippen LogP contribution < -0.4 is 0 Å². The summed E-state index contributed by atoms with van der Waals surface area (Å²) < 4.78 is 2.46. The van der Waals surface area contributed by atoms with Gasteiger partial charge in [-0.3, -0.25) is 0 Å². The van der Waals surface area contributed by atoms with Crippen LogP contribution in [0.1, 0.15) is 33.4 Å². The first kappa shape index (κ1) is 81.7. The Bertz CT molecular complexity index is 8820. The molecule has 0 saturated carbocycles. The first-order chi connectivity index (χ1) is 68.4. The van der Waals surface area contributed by atoms with E-state index in [-0.39, 0.29) is 0 Å². The Morgan fingerprint density at radius 2 is 0.457 bits per heavy atom. The third kappa shape index (κ3) is 15.5. The van der Waals surface area contributed by atoms with Crippen molar-refractivity contribution in [2.45, 2.75) is 19.3 Å². The van der Waals surface area contributed by atoms with Gasteiger partial charge in [-0.2, -0.15) is 0 Å². The minimum Gasteiger partial charge on any atom is -0.236 e. The highest BCUT2D eigenvalue weighted by Gasteiger charge is 2.30. The van der Waals surface area contributed by atoms with Crippen molar-refractivity contribution in [3.8, 4) is 192 Å². The van der Waals surface area contributed by atoms with E-state index in [0.29, 0.717) is 52.4 Å². The first-order valence-corrected chi connectivity index (χ1v) is 46.8. The standard InChI is InChI=1S/2C42H27N5.C38H23N5S/c1-3-12-27(13-4-1)29-18-11-19-32(22-29)41-45-40(28-14-5-2-6-15-28)46-42(47-41)36-25-33(23-30-16-7-9-20-34(30)36)38-37-24-31-17-8-10-21-35(31)39(37)44-26-43-38;1-3-12-27(13-4-1)29-17-11-18-31(24-29)41-45-40(28-14-5-2-6-15-28)46-42(47-41)36-23-22-35(33-20-9-10-21-34(33)36)39-37-25-30-16-7-8-19-32(30)38(37)43-26-44-39;1-3-9-23(10-4-1)36-41-37(24-11-5-2-6-12-24)43-38(42-36)27-16-18-33-30(21-27)29-20-26(15-17-32(29)44-33)34-31-19-25-13-7-8-14-28(25)35(31)40-22-39-34/h1-23,25-26H,24H2;1-24,26H,25H2;1-18,20-22H,19H2. The number of rotatable bonds is 14. The molecule has 3 aliphatic rings. The Hall–Kier alpha value is -18.3. The summed E-state index contributed by atoms with van der Waals surface area (Å²) >= 11 is 1.80. The van der Waals surface area contributed by atoms with Crippen LogP contribution in [0.25, 0.3) is 234 Å². The SMILES string of the molecule is c1ccc(-c2cccc(-c3nc(-c4ccccc4)nc(-c4cc(-c5ncnc6c5Cc5ccccc5-6)cc5ccccc45)n3)c2)cc1.c1ccc(-c2cccc(-c3nc(-c4ccccc4)nc(-c4ccc(-c5ncnc6c5Cc5ccccc5-6)c5ccccc45)n3)c2)cc1.c1ccc(-c2nc(-c3ccccc3)nc(-c3ccc4sc5ccc(-c6ncnc7c6Cc6ccccc6-7)cc5c4c3)n2)cc1. The van der Waals surface area contributed by atoms with E-state index in [1.807, 2.05) is 133 Å². The lowest BCUT2D eigenvalue weighted by atomic mass is 9.94. The highest BCUT2D eigenvalue weighted by Crippen LogP contribution is 2.48. The molecule has 0 unspecified atom stereocenters. The number of benzene rings is 17. The van der Waals surface area contributed by atoms with Crippen molar-refractivity contribution >= 4 is 53.1 Å². The molecule has 0 fully saturated rings. The summed E-state index contributed by atoms with van der Waals surface area (Å²) in [6, 6.07) is 142. The molecule has 0 aliphatic heterocycles. The van der Waals surface area contributed by atoms with Crippen molar-refractivity contribution in [1.82, 2.24) is 74.8 Å². The highest BCUT2D eigenvalue weighted by molar-refractivity contribution is 7.25. The number of hydrogen-bond acceptors (Lipinski definition) is 16. The summed E-state index contributed by atoms with van der Waals surface area (Å²) in [4.78, 5) is 73.8. The molecule has 3 aliphatic carbocycles. The van der Waals surface area contributed by atoms with Crippen molar-refractivity contribution in [2.24, 2.45) is 0 Å². The van der Waals surface area contributed by atoms with Crippen LogP contribution in [0.5, 0.6) is 0 Å². The van der Waals surface area contributed by atoms with Gasteiger partial charge < -0.3 is 0 Å². The van der Waals surface area contributed by atoms with Crippen molar-refractivity contribution in [2.75, 3.05) is 0 Å². The Kier molecular flexibility index (Phi) is 20.9. The van der Waals surface area contributed by atoms with Crippen LogP contribution in [0.15, 0.2) is 431 Å². The molecule has 0 atom stereocenters. The van der Waals surface area contributed by atoms with E-state index >= 15 is 0 Å². The van der Waals surface area contributed by atoms with Crippen LogP contribution in [0.3, 0.4) is 0 Å². The van der Waals surface area contributed by atoms with Gasteiger partial charge in [0, 0.05) is 140 Å². The van der Waals surface area contributed by atoms with Gasteiger partial charge in [0.15, 0.2) is 52.4 Å². The van der Waals surface area contributed by atoms with Crippen LogP contribution in [0, 0.1) is 0 Å². The van der Waals surface area contributed by atoms with Gasteiger partial charge in [-0.05, 0) is 121 Å². The highest BCUT2D eigenvalue weighted by atomic mass is 32.1. The number of hydrogen-bond donors (Lipinski definition) is 0. The molecule has 0 spiro atoms. The van der Waals surface area contributed by atoms with E-state index in [4.69, 9.17) is 69.8 Å². The molecule has 0 radical (unpaired) electrons. The molecule has 646 valence electrons. The maximum Gasteiger partial charge on any atom is 0.164 e. The van der Waals surface area contributed by atoms with E-state index in [1.54, 1.807) is 30.3 Å². The summed E-state index contributed by atoms with van der Waals surface area (Å²) in [7, 11) is 0. The molecular weight excluding hydrogens is 1710 g/mol. The van der Waals surface area contributed by atoms with Gasteiger partial charge in [0.25, 0.3) is 0 Å². The van der Waals surface area contributed by atoms with Gasteiger partial charge >= 0.3 is 0 Å². The fourth-order valence-electron chi connectivity index (χ4n) is 19.4. The maximum absolute atomic E-state index is 5.17. The van der Waals surface area contributed by atoms with Crippen molar-refractivity contribution in [3.05, 3.63) is 465 Å². The predicted octanol–water partition coefficient (Wildman–Crippen LogP) is 28.7. The molecular formula is C122H77N15S. The lowest BCUT2D eigenvalue weighted by Gasteiger charge is -2.14. The van der Waals surface area contributed by atoms with Gasteiger partial charge in [-0.15, -0.1) is 11.3 Å². The molecule has 0 saturated heterocycles. The number of thiophene rings is 1. The average Bonchev–Trinajstić information content (AvgIpc) is 1.46. The molecule has 17 aromatic carbocycles. The fraction of sp³-hybridized carbons (Fsp3) is 0.0246. The smallest absolute Gasteiger partial charge is 0.164 e.